The molecule has 0 spiro atoms. The van der Waals surface area contributed by atoms with Crippen molar-refractivity contribution in [3.05, 3.63) is 83.4 Å². The lowest BCUT2D eigenvalue weighted by atomic mass is 9.85. The maximum absolute atomic E-state index is 13.9. The van der Waals surface area contributed by atoms with Gasteiger partial charge in [0.15, 0.2) is 0 Å². The first-order chi connectivity index (χ1) is 18.7. The molecule has 0 saturated carbocycles. The third kappa shape index (κ3) is 7.02. The van der Waals surface area contributed by atoms with Crippen molar-refractivity contribution in [1.82, 2.24) is 15.1 Å². The molecule has 206 valence electrons. The highest BCUT2D eigenvalue weighted by molar-refractivity contribution is 6.05. The van der Waals surface area contributed by atoms with Crippen molar-refractivity contribution in [2.24, 2.45) is 17.8 Å². The molecular formula is C32H39N3O4. The van der Waals surface area contributed by atoms with Crippen molar-refractivity contribution in [3.63, 3.8) is 0 Å². The molecule has 7 nitrogen and oxygen atoms in total. The van der Waals surface area contributed by atoms with E-state index >= 15 is 0 Å². The van der Waals surface area contributed by atoms with Crippen LogP contribution in [0, 0.1) is 24.7 Å². The first-order valence-corrected chi connectivity index (χ1v) is 13.9. The van der Waals surface area contributed by atoms with Gasteiger partial charge >= 0.3 is 0 Å². The van der Waals surface area contributed by atoms with Crippen molar-refractivity contribution in [2.45, 2.75) is 59.0 Å². The van der Waals surface area contributed by atoms with Gasteiger partial charge in [0.05, 0.1) is 11.8 Å². The molecule has 0 bridgehead atoms. The number of hydrogen-bond donors (Lipinski definition) is 1. The third-order valence-corrected chi connectivity index (χ3v) is 7.58. The van der Waals surface area contributed by atoms with E-state index in [0.29, 0.717) is 25.8 Å². The summed E-state index contributed by atoms with van der Waals surface area (Å²) in [6.45, 7) is 6.84. The summed E-state index contributed by atoms with van der Waals surface area (Å²) in [7, 11) is 0. The molecule has 2 aromatic rings. The summed E-state index contributed by atoms with van der Waals surface area (Å²) in [6, 6.07) is 16.8. The van der Waals surface area contributed by atoms with Crippen LogP contribution in [0.2, 0.25) is 0 Å². The standard InChI is InChI=1S/C32H39N3O4/c1-22(2)20-33-30(37)28(19-24-9-5-4-6-10-24)35(21-25-15-13-23(3)14-16-25)29(36)17-18-34-31(38)26-11-7-8-12-27(26)32(34)39/h4-10,13-16,22,26-28H,11-12,17-21H2,1-3H3,(H,33,37)/t26-,27+,28-/m1/s1. The van der Waals surface area contributed by atoms with Crippen LogP contribution in [0.3, 0.4) is 0 Å². The van der Waals surface area contributed by atoms with Crippen LogP contribution < -0.4 is 5.32 Å². The predicted octanol–water partition coefficient (Wildman–Crippen LogP) is 4.05. The van der Waals surface area contributed by atoms with Crippen molar-refractivity contribution >= 4 is 23.6 Å². The third-order valence-electron chi connectivity index (χ3n) is 7.58. The van der Waals surface area contributed by atoms with Gasteiger partial charge in [-0.05, 0) is 36.8 Å². The van der Waals surface area contributed by atoms with E-state index in [4.69, 9.17) is 0 Å². The van der Waals surface area contributed by atoms with Gasteiger partial charge in [0, 0.05) is 32.5 Å². The van der Waals surface area contributed by atoms with Gasteiger partial charge in [0.1, 0.15) is 6.04 Å². The van der Waals surface area contributed by atoms with E-state index in [1.165, 1.54) is 4.90 Å². The smallest absolute Gasteiger partial charge is 0.243 e. The Hall–Kier alpha value is -3.74. The normalized spacial score (nSPS) is 19.2. The predicted molar refractivity (Wildman–Crippen MR) is 150 cm³/mol. The average Bonchev–Trinajstić information content (AvgIpc) is 3.18. The fourth-order valence-corrected chi connectivity index (χ4v) is 5.31. The molecule has 2 aliphatic rings. The van der Waals surface area contributed by atoms with Crippen LogP contribution in [0.4, 0.5) is 0 Å². The minimum atomic E-state index is -0.739. The number of carbonyl (C=O) groups is 4. The van der Waals surface area contributed by atoms with Gasteiger partial charge < -0.3 is 10.2 Å². The summed E-state index contributed by atoms with van der Waals surface area (Å²) < 4.78 is 0. The highest BCUT2D eigenvalue weighted by Crippen LogP contribution is 2.35. The second-order valence-corrected chi connectivity index (χ2v) is 11.1. The van der Waals surface area contributed by atoms with E-state index in [9.17, 15) is 19.2 Å². The van der Waals surface area contributed by atoms with Gasteiger partial charge in [-0.1, -0.05) is 86.2 Å². The number of aryl methyl sites for hydroxylation is 1. The van der Waals surface area contributed by atoms with Gasteiger partial charge in [-0.25, -0.2) is 0 Å². The molecule has 1 aliphatic heterocycles. The van der Waals surface area contributed by atoms with Crippen molar-refractivity contribution in [2.75, 3.05) is 13.1 Å². The fraction of sp³-hybridized carbons (Fsp3) is 0.438. The number of hydrogen-bond acceptors (Lipinski definition) is 4. The number of likely N-dealkylation sites (tertiary alicyclic amines) is 1. The van der Waals surface area contributed by atoms with Crippen LogP contribution in [-0.4, -0.2) is 52.6 Å². The lowest BCUT2D eigenvalue weighted by Gasteiger charge is -2.32. The van der Waals surface area contributed by atoms with Gasteiger partial charge in [-0.3, -0.25) is 24.1 Å². The van der Waals surface area contributed by atoms with Crippen LogP contribution in [0.5, 0.6) is 0 Å². The summed E-state index contributed by atoms with van der Waals surface area (Å²) in [5.41, 5.74) is 2.97. The Labute approximate surface area is 231 Å². The Balaban J connectivity index is 1.57. The van der Waals surface area contributed by atoms with Crippen LogP contribution in [0.1, 0.15) is 49.8 Å². The summed E-state index contributed by atoms with van der Waals surface area (Å²) in [4.78, 5) is 56.2. The molecule has 3 atom stereocenters. The topological polar surface area (TPSA) is 86.8 Å². The molecule has 1 aliphatic carbocycles. The first kappa shape index (κ1) is 28.3. The number of benzene rings is 2. The van der Waals surface area contributed by atoms with Gasteiger partial charge in [-0.2, -0.15) is 0 Å². The SMILES string of the molecule is Cc1ccc(CN(C(=O)CCN2C(=O)[C@H]3CC=CC[C@H]3C2=O)[C@H](Cc2ccccc2)C(=O)NCC(C)C)cc1. The number of allylic oxidation sites excluding steroid dienone is 2. The van der Waals surface area contributed by atoms with Crippen LogP contribution in [-0.2, 0) is 32.1 Å². The van der Waals surface area contributed by atoms with E-state index in [1.807, 2.05) is 87.5 Å². The number of carbonyl (C=O) groups excluding carboxylic acids is 4. The van der Waals surface area contributed by atoms with Gasteiger partial charge in [0.2, 0.25) is 23.6 Å². The molecule has 4 amide bonds. The van der Waals surface area contributed by atoms with Crippen LogP contribution in [0.15, 0.2) is 66.7 Å². The van der Waals surface area contributed by atoms with Crippen LogP contribution in [0.25, 0.3) is 0 Å². The molecule has 2 aromatic carbocycles. The molecule has 1 N–H and O–H groups in total. The molecular weight excluding hydrogens is 490 g/mol. The summed E-state index contributed by atoms with van der Waals surface area (Å²) in [6.07, 6.45) is 5.37. The Morgan fingerprint density at radius 2 is 1.54 bits per heavy atom. The molecule has 7 heteroatoms. The van der Waals surface area contributed by atoms with Gasteiger partial charge in [0.25, 0.3) is 0 Å². The Morgan fingerprint density at radius 1 is 0.923 bits per heavy atom. The van der Waals surface area contributed by atoms with E-state index in [1.54, 1.807) is 4.90 Å². The fourth-order valence-electron chi connectivity index (χ4n) is 5.31. The lowest BCUT2D eigenvalue weighted by Crippen LogP contribution is -2.51. The van der Waals surface area contributed by atoms with E-state index in [0.717, 1.165) is 16.7 Å². The van der Waals surface area contributed by atoms with Crippen LogP contribution >= 0.6 is 0 Å². The molecule has 0 unspecified atom stereocenters. The van der Waals surface area contributed by atoms with E-state index in [-0.39, 0.29) is 60.9 Å². The van der Waals surface area contributed by atoms with Crippen molar-refractivity contribution < 1.29 is 19.2 Å². The highest BCUT2D eigenvalue weighted by Gasteiger charge is 2.47. The van der Waals surface area contributed by atoms with Gasteiger partial charge in [-0.15, -0.1) is 0 Å². The quantitative estimate of drug-likeness (QED) is 0.352. The number of nitrogens with one attached hydrogen (secondary N) is 1. The average molecular weight is 530 g/mol. The molecule has 0 aromatic heterocycles. The number of amides is 4. The van der Waals surface area contributed by atoms with Crippen molar-refractivity contribution in [1.29, 1.82) is 0 Å². The molecule has 1 heterocycles. The van der Waals surface area contributed by atoms with E-state index in [2.05, 4.69) is 5.32 Å². The molecule has 1 fully saturated rings. The number of rotatable bonds is 11. The minimum Gasteiger partial charge on any atom is -0.354 e. The van der Waals surface area contributed by atoms with E-state index < -0.39 is 6.04 Å². The Morgan fingerprint density at radius 3 is 2.13 bits per heavy atom. The zero-order chi connectivity index (χ0) is 27.9. The summed E-state index contributed by atoms with van der Waals surface area (Å²) >= 11 is 0. The largest absolute Gasteiger partial charge is 0.354 e. The zero-order valence-corrected chi connectivity index (χ0v) is 23.1. The highest BCUT2D eigenvalue weighted by atomic mass is 16.2. The monoisotopic (exact) mass is 529 g/mol. The zero-order valence-electron chi connectivity index (χ0n) is 23.1. The first-order valence-electron chi connectivity index (χ1n) is 13.9. The molecule has 0 radical (unpaired) electrons. The lowest BCUT2D eigenvalue weighted by molar-refractivity contribution is -0.144. The maximum Gasteiger partial charge on any atom is 0.243 e. The summed E-state index contributed by atoms with van der Waals surface area (Å²) in [5.74, 6) is -1.24. The molecule has 39 heavy (non-hydrogen) atoms. The maximum atomic E-state index is 13.9. The molecule has 1 saturated heterocycles. The number of nitrogens with zero attached hydrogens (tertiary/aromatic N) is 2. The summed E-state index contributed by atoms with van der Waals surface area (Å²) in [5, 5.41) is 3.02. The van der Waals surface area contributed by atoms with Crippen molar-refractivity contribution in [3.8, 4) is 0 Å². The Kier molecular flexibility index (Phi) is 9.33. The number of fused-ring (bicyclic) bond motifs is 1. The minimum absolute atomic E-state index is 0.0273. The molecule has 4 rings (SSSR count). The second kappa shape index (κ2) is 12.9. The second-order valence-electron chi connectivity index (χ2n) is 11.1. The number of imide groups is 1. The Bertz CT molecular complexity index is 1180.